The van der Waals surface area contributed by atoms with Crippen LogP contribution in [0.5, 0.6) is 0 Å². The molecule has 3 rings (SSSR count). The highest BCUT2D eigenvalue weighted by Gasteiger charge is 2.30. The molecule has 0 bridgehead atoms. The van der Waals surface area contributed by atoms with E-state index in [1.165, 1.54) is 18.3 Å². The minimum Gasteiger partial charge on any atom is -0.381 e. The molecule has 0 unspecified atom stereocenters. The van der Waals surface area contributed by atoms with Crippen molar-refractivity contribution in [3.63, 3.8) is 0 Å². The van der Waals surface area contributed by atoms with Gasteiger partial charge in [0.25, 0.3) is 5.91 Å². The quantitative estimate of drug-likeness (QED) is 0.543. The van der Waals surface area contributed by atoms with E-state index in [-0.39, 0.29) is 16.8 Å². The van der Waals surface area contributed by atoms with Crippen LogP contribution in [0.3, 0.4) is 0 Å². The lowest BCUT2D eigenvalue weighted by atomic mass is 10.1. The van der Waals surface area contributed by atoms with E-state index in [9.17, 15) is 22.8 Å². The fraction of sp³-hybridized carbons (Fsp3) is 0.136. The number of hydrogen-bond donors (Lipinski definition) is 3. The van der Waals surface area contributed by atoms with Crippen LogP contribution < -0.4 is 16.4 Å². The number of hydrogen-bond acceptors (Lipinski definition) is 4. The van der Waals surface area contributed by atoms with Crippen LogP contribution in [-0.2, 0) is 12.7 Å². The number of pyridine rings is 1. The lowest BCUT2D eigenvalue weighted by Crippen LogP contribution is -2.14. The van der Waals surface area contributed by atoms with Gasteiger partial charge in [-0.05, 0) is 54.4 Å². The van der Waals surface area contributed by atoms with Crippen LogP contribution in [0.2, 0.25) is 0 Å². The molecule has 0 aliphatic heterocycles. The number of rotatable bonds is 6. The molecule has 3 aromatic rings. The van der Waals surface area contributed by atoms with Crippen LogP contribution in [0.25, 0.3) is 0 Å². The van der Waals surface area contributed by atoms with Crippen molar-refractivity contribution in [3.8, 4) is 0 Å². The van der Waals surface area contributed by atoms with Crippen molar-refractivity contribution < 1.29 is 22.8 Å². The van der Waals surface area contributed by atoms with E-state index in [1.807, 2.05) is 6.92 Å². The first-order valence-corrected chi connectivity index (χ1v) is 9.20. The Bertz CT molecular complexity index is 1130. The summed E-state index contributed by atoms with van der Waals surface area (Å²) in [4.78, 5) is 27.8. The summed E-state index contributed by atoms with van der Waals surface area (Å²) in [6, 6.07) is 11.0. The molecule has 2 aromatic carbocycles. The Balaban J connectivity index is 1.74. The van der Waals surface area contributed by atoms with E-state index in [0.717, 1.165) is 23.3 Å². The molecule has 0 spiro atoms. The van der Waals surface area contributed by atoms with Gasteiger partial charge in [0.05, 0.1) is 11.1 Å². The topological polar surface area (TPSA) is 97.1 Å². The van der Waals surface area contributed by atoms with Gasteiger partial charge in [0.1, 0.15) is 0 Å². The molecule has 0 atom stereocenters. The minimum absolute atomic E-state index is 0.0456. The predicted molar refractivity (Wildman–Crippen MR) is 111 cm³/mol. The smallest absolute Gasteiger partial charge is 0.381 e. The molecule has 6 nitrogen and oxygen atoms in total. The third-order valence-corrected chi connectivity index (χ3v) is 4.51. The number of halogens is 3. The molecule has 0 aliphatic rings. The first-order valence-electron chi connectivity index (χ1n) is 9.20. The summed E-state index contributed by atoms with van der Waals surface area (Å²) in [6.07, 6.45) is -1.54. The highest BCUT2D eigenvalue weighted by atomic mass is 19.4. The zero-order valence-corrected chi connectivity index (χ0v) is 16.5. The molecule has 31 heavy (non-hydrogen) atoms. The summed E-state index contributed by atoms with van der Waals surface area (Å²) in [5, 5.41) is 5.65. The number of anilines is 2. The Morgan fingerprint density at radius 1 is 1.03 bits per heavy atom. The number of nitrogens with zero attached hydrogens (tertiary/aromatic N) is 1. The van der Waals surface area contributed by atoms with Gasteiger partial charge in [-0.3, -0.25) is 14.6 Å². The fourth-order valence-electron chi connectivity index (χ4n) is 2.85. The molecule has 2 amide bonds. The first-order chi connectivity index (χ1) is 14.6. The number of amides is 2. The van der Waals surface area contributed by atoms with Crippen molar-refractivity contribution in [1.82, 2.24) is 4.98 Å². The van der Waals surface area contributed by atoms with Crippen LogP contribution >= 0.6 is 0 Å². The third kappa shape index (κ3) is 5.59. The number of nitrogens with two attached hydrogens (primary N) is 1. The van der Waals surface area contributed by atoms with E-state index in [0.29, 0.717) is 12.2 Å². The number of aryl methyl sites for hydroxylation is 1. The van der Waals surface area contributed by atoms with Crippen molar-refractivity contribution in [3.05, 3.63) is 88.7 Å². The zero-order chi connectivity index (χ0) is 22.6. The maximum atomic E-state index is 12.9. The predicted octanol–water partition coefficient (Wildman–Crippen LogP) is 4.37. The van der Waals surface area contributed by atoms with Crippen molar-refractivity contribution in [1.29, 1.82) is 0 Å². The van der Waals surface area contributed by atoms with Gasteiger partial charge in [-0.25, -0.2) is 0 Å². The molecule has 0 saturated carbocycles. The maximum absolute atomic E-state index is 12.9. The molecular formula is C22H19F3N4O2. The number of carbonyl (C=O) groups is 2. The Kier molecular flexibility index (Phi) is 6.24. The van der Waals surface area contributed by atoms with Crippen LogP contribution in [0.4, 0.5) is 24.5 Å². The molecule has 0 radical (unpaired) electrons. The maximum Gasteiger partial charge on any atom is 0.416 e. The summed E-state index contributed by atoms with van der Waals surface area (Å²) >= 11 is 0. The highest BCUT2D eigenvalue weighted by Crippen LogP contribution is 2.30. The monoisotopic (exact) mass is 428 g/mol. The molecule has 1 heterocycles. The SMILES string of the molecule is Cc1ccc(C(=O)Nc2cccc(C(F)(F)F)c2)cc1NCc1cncc(C(N)=O)c1. The molecule has 0 fully saturated rings. The number of primary amides is 1. The van der Waals surface area contributed by atoms with Gasteiger partial charge in [0.15, 0.2) is 0 Å². The summed E-state index contributed by atoms with van der Waals surface area (Å²) in [5.41, 5.74) is 7.24. The van der Waals surface area contributed by atoms with Gasteiger partial charge in [-0.1, -0.05) is 12.1 Å². The second kappa shape index (κ2) is 8.86. The molecule has 0 aliphatic carbocycles. The van der Waals surface area contributed by atoms with Crippen LogP contribution in [0.15, 0.2) is 60.9 Å². The zero-order valence-electron chi connectivity index (χ0n) is 16.5. The Morgan fingerprint density at radius 2 is 1.81 bits per heavy atom. The second-order valence-corrected chi connectivity index (χ2v) is 6.86. The van der Waals surface area contributed by atoms with Crippen LogP contribution in [0, 0.1) is 6.92 Å². The second-order valence-electron chi connectivity index (χ2n) is 6.86. The van der Waals surface area contributed by atoms with Crippen molar-refractivity contribution in [2.24, 2.45) is 5.73 Å². The third-order valence-electron chi connectivity index (χ3n) is 4.51. The number of nitrogens with one attached hydrogen (secondary N) is 2. The van der Waals surface area contributed by atoms with Crippen molar-refractivity contribution in [2.45, 2.75) is 19.6 Å². The van der Waals surface area contributed by atoms with Gasteiger partial charge in [-0.2, -0.15) is 13.2 Å². The standard InChI is InChI=1S/C22H19F3N4O2/c1-13-5-6-15(21(31)29-18-4-2-3-17(9-18)22(23,24)25)8-19(13)28-11-14-7-16(20(26)30)12-27-10-14/h2-10,12,28H,11H2,1H3,(H2,26,30)(H,29,31). The van der Waals surface area contributed by atoms with Crippen LogP contribution in [0.1, 0.15) is 37.4 Å². The van der Waals surface area contributed by atoms with Gasteiger partial charge in [-0.15, -0.1) is 0 Å². The largest absolute Gasteiger partial charge is 0.416 e. The van der Waals surface area contributed by atoms with Gasteiger partial charge in [0.2, 0.25) is 5.91 Å². The Hall–Kier alpha value is -3.88. The summed E-state index contributed by atoms with van der Waals surface area (Å²) < 4.78 is 38.6. The fourth-order valence-corrected chi connectivity index (χ4v) is 2.85. The van der Waals surface area contributed by atoms with Gasteiger partial charge >= 0.3 is 6.18 Å². The van der Waals surface area contributed by atoms with Gasteiger partial charge < -0.3 is 16.4 Å². The number of aromatic nitrogens is 1. The summed E-state index contributed by atoms with van der Waals surface area (Å²) in [7, 11) is 0. The van der Waals surface area contributed by atoms with Gasteiger partial charge in [0, 0.05) is 35.9 Å². The summed E-state index contributed by atoms with van der Waals surface area (Å²) in [5.74, 6) is -1.13. The Morgan fingerprint density at radius 3 is 2.52 bits per heavy atom. The van der Waals surface area contributed by atoms with E-state index >= 15 is 0 Å². The van der Waals surface area contributed by atoms with Crippen LogP contribution in [-0.4, -0.2) is 16.8 Å². The lowest BCUT2D eigenvalue weighted by Gasteiger charge is -2.13. The first kappa shape index (κ1) is 21.8. The molecular weight excluding hydrogens is 409 g/mol. The Labute approximate surface area is 176 Å². The molecule has 0 saturated heterocycles. The normalized spacial score (nSPS) is 11.1. The molecule has 4 N–H and O–H groups in total. The molecule has 1 aromatic heterocycles. The average molecular weight is 428 g/mol. The number of alkyl halides is 3. The number of carbonyl (C=O) groups excluding carboxylic acids is 2. The highest BCUT2D eigenvalue weighted by molar-refractivity contribution is 6.05. The van der Waals surface area contributed by atoms with E-state index in [1.54, 1.807) is 30.5 Å². The molecule has 9 heteroatoms. The summed E-state index contributed by atoms with van der Waals surface area (Å²) in [6.45, 7) is 2.17. The lowest BCUT2D eigenvalue weighted by molar-refractivity contribution is -0.137. The van der Waals surface area contributed by atoms with Crippen molar-refractivity contribution >= 4 is 23.2 Å². The molecule has 160 valence electrons. The number of benzene rings is 2. The van der Waals surface area contributed by atoms with Crippen molar-refractivity contribution in [2.75, 3.05) is 10.6 Å². The van der Waals surface area contributed by atoms with E-state index in [2.05, 4.69) is 15.6 Å². The minimum atomic E-state index is -4.50. The average Bonchev–Trinajstić information content (AvgIpc) is 2.73. The van der Waals surface area contributed by atoms with E-state index < -0.39 is 23.6 Å². The van der Waals surface area contributed by atoms with E-state index in [4.69, 9.17) is 5.73 Å².